The zero-order valence-corrected chi connectivity index (χ0v) is 11.3. The Morgan fingerprint density at radius 2 is 1.75 bits per heavy atom. The van der Waals surface area contributed by atoms with Crippen molar-refractivity contribution in [2.24, 2.45) is 5.92 Å². The summed E-state index contributed by atoms with van der Waals surface area (Å²) in [6, 6.07) is 0.818. The standard InChI is InChI=1S/C13H26N2S/c1-16-13-4-2-12(3-5-13)15-10-11-6-8-14-9-7-11/h11-15H,2-10H2,1H3. The largest absolute Gasteiger partial charge is 0.317 e. The Bertz CT molecular complexity index is 184. The van der Waals surface area contributed by atoms with Crippen molar-refractivity contribution in [2.75, 3.05) is 25.9 Å². The summed E-state index contributed by atoms with van der Waals surface area (Å²) in [6.07, 6.45) is 10.6. The molecule has 2 nitrogen and oxygen atoms in total. The maximum atomic E-state index is 3.80. The summed E-state index contributed by atoms with van der Waals surface area (Å²) in [5.41, 5.74) is 0. The van der Waals surface area contributed by atoms with Crippen molar-refractivity contribution in [1.29, 1.82) is 0 Å². The van der Waals surface area contributed by atoms with Crippen LogP contribution in [0.25, 0.3) is 0 Å². The van der Waals surface area contributed by atoms with Crippen molar-refractivity contribution < 1.29 is 0 Å². The lowest BCUT2D eigenvalue weighted by Crippen LogP contribution is -2.39. The van der Waals surface area contributed by atoms with Gasteiger partial charge < -0.3 is 10.6 Å². The second kappa shape index (κ2) is 6.87. The first-order chi connectivity index (χ1) is 7.88. The molecular formula is C13H26N2S. The van der Waals surface area contributed by atoms with E-state index in [1.54, 1.807) is 0 Å². The Hall–Kier alpha value is 0.270. The molecule has 0 bridgehead atoms. The molecule has 1 saturated heterocycles. The van der Waals surface area contributed by atoms with E-state index in [0.29, 0.717) is 0 Å². The lowest BCUT2D eigenvalue weighted by atomic mass is 9.93. The number of nitrogens with one attached hydrogen (secondary N) is 2. The molecule has 1 saturated carbocycles. The van der Waals surface area contributed by atoms with Crippen molar-refractivity contribution in [3.63, 3.8) is 0 Å². The SMILES string of the molecule is CSC1CCC(NCC2CCNCC2)CC1. The smallest absolute Gasteiger partial charge is 0.00679 e. The van der Waals surface area contributed by atoms with Crippen LogP contribution in [0.1, 0.15) is 38.5 Å². The third-order valence-electron chi connectivity index (χ3n) is 4.16. The van der Waals surface area contributed by atoms with Gasteiger partial charge in [-0.15, -0.1) is 0 Å². The summed E-state index contributed by atoms with van der Waals surface area (Å²) in [5, 5.41) is 8.18. The van der Waals surface area contributed by atoms with Gasteiger partial charge in [-0.2, -0.15) is 11.8 Å². The molecule has 94 valence electrons. The van der Waals surface area contributed by atoms with Gasteiger partial charge in [0.05, 0.1) is 0 Å². The average molecular weight is 242 g/mol. The van der Waals surface area contributed by atoms with E-state index in [1.807, 2.05) is 0 Å². The molecule has 0 amide bonds. The topological polar surface area (TPSA) is 24.1 Å². The fourth-order valence-corrected chi connectivity index (χ4v) is 3.67. The van der Waals surface area contributed by atoms with Crippen LogP contribution in [0.5, 0.6) is 0 Å². The molecule has 2 rings (SSSR count). The van der Waals surface area contributed by atoms with Crippen molar-refractivity contribution in [3.05, 3.63) is 0 Å². The molecule has 2 N–H and O–H groups in total. The van der Waals surface area contributed by atoms with Gasteiger partial charge in [-0.25, -0.2) is 0 Å². The molecule has 0 spiro atoms. The highest BCUT2D eigenvalue weighted by Gasteiger charge is 2.21. The van der Waals surface area contributed by atoms with Crippen LogP contribution in [0.2, 0.25) is 0 Å². The summed E-state index contributed by atoms with van der Waals surface area (Å²) < 4.78 is 0. The summed E-state index contributed by atoms with van der Waals surface area (Å²) in [7, 11) is 0. The first-order valence-corrected chi connectivity index (χ1v) is 8.14. The van der Waals surface area contributed by atoms with Crippen LogP contribution in [0.3, 0.4) is 0 Å². The number of rotatable bonds is 4. The summed E-state index contributed by atoms with van der Waals surface area (Å²) >= 11 is 2.06. The van der Waals surface area contributed by atoms with Crippen molar-refractivity contribution in [2.45, 2.75) is 49.8 Å². The first kappa shape index (κ1) is 12.7. The Kier molecular flexibility index (Phi) is 5.46. The summed E-state index contributed by atoms with van der Waals surface area (Å²) in [4.78, 5) is 0. The van der Waals surface area contributed by atoms with Crippen molar-refractivity contribution in [3.8, 4) is 0 Å². The van der Waals surface area contributed by atoms with E-state index in [9.17, 15) is 0 Å². The summed E-state index contributed by atoms with van der Waals surface area (Å²) in [6.45, 7) is 3.72. The zero-order valence-electron chi connectivity index (χ0n) is 10.5. The summed E-state index contributed by atoms with van der Waals surface area (Å²) in [5.74, 6) is 0.930. The molecule has 2 fully saturated rings. The van der Waals surface area contributed by atoms with Crippen LogP contribution in [0.15, 0.2) is 0 Å². The molecule has 0 unspecified atom stereocenters. The Balaban J connectivity index is 1.59. The Morgan fingerprint density at radius 1 is 1.06 bits per heavy atom. The Morgan fingerprint density at radius 3 is 2.38 bits per heavy atom. The van der Waals surface area contributed by atoms with E-state index in [4.69, 9.17) is 0 Å². The quantitative estimate of drug-likeness (QED) is 0.791. The van der Waals surface area contributed by atoms with Gasteiger partial charge in [-0.05, 0) is 70.3 Å². The second-order valence-electron chi connectivity index (χ2n) is 5.31. The minimum absolute atomic E-state index is 0.818. The first-order valence-electron chi connectivity index (χ1n) is 6.85. The van der Waals surface area contributed by atoms with Gasteiger partial charge >= 0.3 is 0 Å². The van der Waals surface area contributed by atoms with Crippen LogP contribution in [-0.4, -0.2) is 37.2 Å². The van der Waals surface area contributed by atoms with Crippen LogP contribution in [0, 0.1) is 5.92 Å². The monoisotopic (exact) mass is 242 g/mol. The highest BCUT2D eigenvalue weighted by Crippen LogP contribution is 2.27. The lowest BCUT2D eigenvalue weighted by Gasteiger charge is -2.30. The molecule has 16 heavy (non-hydrogen) atoms. The fourth-order valence-electron chi connectivity index (χ4n) is 2.92. The second-order valence-corrected chi connectivity index (χ2v) is 6.45. The van der Waals surface area contributed by atoms with Gasteiger partial charge in [0.15, 0.2) is 0 Å². The van der Waals surface area contributed by atoms with Crippen LogP contribution in [-0.2, 0) is 0 Å². The molecular weight excluding hydrogens is 216 g/mol. The van der Waals surface area contributed by atoms with Gasteiger partial charge in [-0.3, -0.25) is 0 Å². The predicted molar refractivity (Wildman–Crippen MR) is 73.2 cm³/mol. The number of thioether (sulfide) groups is 1. The maximum absolute atomic E-state index is 3.80. The van der Waals surface area contributed by atoms with E-state index >= 15 is 0 Å². The van der Waals surface area contributed by atoms with Gasteiger partial charge in [-0.1, -0.05) is 0 Å². The molecule has 0 radical (unpaired) electrons. The molecule has 0 aromatic heterocycles. The van der Waals surface area contributed by atoms with E-state index in [0.717, 1.165) is 17.2 Å². The predicted octanol–water partition coefficient (Wildman–Crippen LogP) is 2.25. The Labute approximate surface area is 104 Å². The molecule has 0 aromatic rings. The molecule has 0 aromatic carbocycles. The third kappa shape index (κ3) is 3.94. The minimum Gasteiger partial charge on any atom is -0.317 e. The molecule has 1 heterocycles. The van der Waals surface area contributed by atoms with Gasteiger partial charge in [0.2, 0.25) is 0 Å². The van der Waals surface area contributed by atoms with E-state index in [-0.39, 0.29) is 0 Å². The molecule has 0 atom stereocenters. The highest BCUT2D eigenvalue weighted by atomic mass is 32.2. The van der Waals surface area contributed by atoms with Crippen LogP contribution >= 0.6 is 11.8 Å². The van der Waals surface area contributed by atoms with Crippen molar-refractivity contribution in [1.82, 2.24) is 10.6 Å². The van der Waals surface area contributed by atoms with Gasteiger partial charge in [0.25, 0.3) is 0 Å². The highest BCUT2D eigenvalue weighted by molar-refractivity contribution is 7.99. The zero-order chi connectivity index (χ0) is 11.2. The van der Waals surface area contributed by atoms with E-state index in [1.165, 1.54) is 58.2 Å². The van der Waals surface area contributed by atoms with Gasteiger partial charge in [0.1, 0.15) is 0 Å². The molecule has 1 aliphatic heterocycles. The third-order valence-corrected chi connectivity index (χ3v) is 5.30. The molecule has 1 aliphatic carbocycles. The number of piperidine rings is 1. The normalized spacial score (nSPS) is 32.8. The van der Waals surface area contributed by atoms with Crippen LogP contribution in [0.4, 0.5) is 0 Å². The van der Waals surface area contributed by atoms with E-state index in [2.05, 4.69) is 28.7 Å². The minimum atomic E-state index is 0.818. The number of hydrogen-bond donors (Lipinski definition) is 2. The number of hydrogen-bond acceptors (Lipinski definition) is 3. The lowest BCUT2D eigenvalue weighted by molar-refractivity contribution is 0.310. The fraction of sp³-hybridized carbons (Fsp3) is 1.00. The van der Waals surface area contributed by atoms with E-state index < -0.39 is 0 Å². The van der Waals surface area contributed by atoms with Crippen LogP contribution < -0.4 is 10.6 Å². The molecule has 3 heteroatoms. The average Bonchev–Trinajstić information content (AvgIpc) is 2.38. The van der Waals surface area contributed by atoms with Crippen molar-refractivity contribution >= 4 is 11.8 Å². The molecule has 2 aliphatic rings. The maximum Gasteiger partial charge on any atom is 0.00679 e. The van der Waals surface area contributed by atoms with Gasteiger partial charge in [0, 0.05) is 11.3 Å².